The smallest absolute Gasteiger partial charge is 0.295 e. The average Bonchev–Trinajstić information content (AvgIpc) is 3.29. The minimum Gasteiger partial charge on any atom is -0.497 e. The van der Waals surface area contributed by atoms with Crippen LogP contribution >= 0.6 is 12.4 Å². The van der Waals surface area contributed by atoms with Crippen LogP contribution in [0.15, 0.2) is 53.1 Å². The van der Waals surface area contributed by atoms with Crippen LogP contribution in [0, 0.1) is 0 Å². The van der Waals surface area contributed by atoms with Crippen molar-refractivity contribution in [3.05, 3.63) is 65.5 Å². The third-order valence-corrected chi connectivity index (χ3v) is 5.21. The van der Waals surface area contributed by atoms with E-state index < -0.39 is 0 Å². The molecule has 1 fully saturated rings. The lowest BCUT2D eigenvalue weighted by molar-refractivity contribution is 0.0618. The maximum absolute atomic E-state index is 13.2. The Morgan fingerprint density at radius 1 is 1.27 bits per heavy atom. The lowest BCUT2D eigenvalue weighted by Crippen LogP contribution is -2.49. The van der Waals surface area contributed by atoms with E-state index in [9.17, 15) is 4.79 Å². The van der Waals surface area contributed by atoms with Crippen LogP contribution in [-0.2, 0) is 6.42 Å². The standard InChI is InChI=1S/C22H24N4O3.ClH/c1-3-15-7-9-16(10-8-15)19-14-23-11-12-26(19)22(27)20-24-21(29-25-20)17-5-4-6-18(13-17)28-2;/h4-10,13,19,23H,3,11-12,14H2,1-2H3;1H. The molecular formula is C22H25ClN4O3. The van der Waals surface area contributed by atoms with Crippen molar-refractivity contribution in [3.63, 3.8) is 0 Å². The molecule has 4 rings (SSSR count). The first-order chi connectivity index (χ1) is 14.2. The Morgan fingerprint density at radius 2 is 2.07 bits per heavy atom. The molecule has 1 saturated heterocycles. The van der Waals surface area contributed by atoms with Crippen molar-refractivity contribution >= 4 is 18.3 Å². The highest BCUT2D eigenvalue weighted by Gasteiger charge is 2.31. The molecule has 1 unspecified atom stereocenters. The van der Waals surface area contributed by atoms with Gasteiger partial charge in [-0.25, -0.2) is 0 Å². The Hall–Kier alpha value is -2.90. The molecule has 0 bridgehead atoms. The molecule has 0 aliphatic carbocycles. The molecule has 1 aliphatic rings. The first-order valence-corrected chi connectivity index (χ1v) is 9.78. The minimum absolute atomic E-state index is 0. The second kappa shape index (κ2) is 9.73. The molecule has 3 aromatic rings. The van der Waals surface area contributed by atoms with Gasteiger partial charge >= 0.3 is 0 Å². The van der Waals surface area contributed by atoms with Crippen molar-refractivity contribution in [1.82, 2.24) is 20.4 Å². The van der Waals surface area contributed by atoms with Gasteiger partial charge in [0.15, 0.2) is 0 Å². The van der Waals surface area contributed by atoms with Gasteiger partial charge in [-0.05, 0) is 35.7 Å². The van der Waals surface area contributed by atoms with Gasteiger partial charge in [0.2, 0.25) is 0 Å². The molecule has 1 aromatic heterocycles. The van der Waals surface area contributed by atoms with Crippen LogP contribution in [0.1, 0.15) is 34.7 Å². The molecule has 1 aliphatic heterocycles. The van der Waals surface area contributed by atoms with E-state index >= 15 is 0 Å². The zero-order chi connectivity index (χ0) is 20.2. The van der Waals surface area contributed by atoms with Crippen molar-refractivity contribution in [2.24, 2.45) is 0 Å². The zero-order valence-corrected chi connectivity index (χ0v) is 17.8. The molecule has 1 N–H and O–H groups in total. The third kappa shape index (κ3) is 4.47. The van der Waals surface area contributed by atoms with Crippen molar-refractivity contribution in [3.8, 4) is 17.2 Å². The number of carbonyl (C=O) groups is 1. The molecule has 0 saturated carbocycles. The summed E-state index contributed by atoms with van der Waals surface area (Å²) in [6.07, 6.45) is 0.988. The lowest BCUT2D eigenvalue weighted by atomic mass is 10.0. The topological polar surface area (TPSA) is 80.5 Å². The highest BCUT2D eigenvalue weighted by Crippen LogP contribution is 2.26. The Kier molecular flexibility index (Phi) is 7.07. The highest BCUT2D eigenvalue weighted by molar-refractivity contribution is 5.91. The normalized spacial score (nSPS) is 16.1. The summed E-state index contributed by atoms with van der Waals surface area (Å²) in [6.45, 7) is 4.14. The van der Waals surface area contributed by atoms with Gasteiger partial charge in [0.05, 0.1) is 13.2 Å². The van der Waals surface area contributed by atoms with E-state index in [2.05, 4.69) is 46.6 Å². The molecule has 2 aromatic carbocycles. The number of amides is 1. The number of hydrogen-bond donors (Lipinski definition) is 1. The Bertz CT molecular complexity index is 990. The van der Waals surface area contributed by atoms with Gasteiger partial charge in [-0.3, -0.25) is 4.79 Å². The van der Waals surface area contributed by atoms with Crippen molar-refractivity contribution in [1.29, 1.82) is 0 Å². The number of nitrogens with one attached hydrogen (secondary N) is 1. The first-order valence-electron chi connectivity index (χ1n) is 9.78. The maximum Gasteiger partial charge on any atom is 0.295 e. The number of carbonyl (C=O) groups excluding carboxylic acids is 1. The molecule has 1 atom stereocenters. The fourth-order valence-corrected chi connectivity index (χ4v) is 3.53. The van der Waals surface area contributed by atoms with E-state index in [1.54, 1.807) is 13.2 Å². The molecule has 0 spiro atoms. The fraction of sp³-hybridized carbons (Fsp3) is 0.318. The second-order valence-electron chi connectivity index (χ2n) is 6.97. The van der Waals surface area contributed by atoms with E-state index in [1.807, 2.05) is 23.1 Å². The summed E-state index contributed by atoms with van der Waals surface area (Å²) in [5, 5.41) is 7.31. The Balaban J connectivity index is 0.00000256. The number of aromatic nitrogens is 2. The van der Waals surface area contributed by atoms with Crippen LogP contribution in [-0.4, -0.2) is 47.7 Å². The number of aryl methyl sites for hydroxylation is 1. The molecule has 158 valence electrons. The number of methoxy groups -OCH3 is 1. The van der Waals surface area contributed by atoms with E-state index in [0.717, 1.165) is 18.5 Å². The third-order valence-electron chi connectivity index (χ3n) is 5.21. The summed E-state index contributed by atoms with van der Waals surface area (Å²) in [7, 11) is 1.60. The van der Waals surface area contributed by atoms with Crippen LogP contribution in [0.3, 0.4) is 0 Å². The van der Waals surface area contributed by atoms with Crippen molar-refractivity contribution in [2.75, 3.05) is 26.7 Å². The SMILES string of the molecule is CCc1ccc(C2CNCCN2C(=O)c2noc(-c3cccc(OC)c3)n2)cc1.Cl. The van der Waals surface area contributed by atoms with Gasteiger partial charge in [-0.15, -0.1) is 12.4 Å². The molecule has 8 heteroatoms. The van der Waals surface area contributed by atoms with E-state index in [-0.39, 0.29) is 30.2 Å². The number of hydrogen-bond acceptors (Lipinski definition) is 6. The van der Waals surface area contributed by atoms with Crippen LogP contribution in [0.4, 0.5) is 0 Å². The molecule has 0 radical (unpaired) electrons. The summed E-state index contributed by atoms with van der Waals surface area (Å²) < 4.78 is 10.6. The van der Waals surface area contributed by atoms with Gasteiger partial charge in [0.1, 0.15) is 5.75 Å². The van der Waals surface area contributed by atoms with Gasteiger partial charge < -0.3 is 19.5 Å². The van der Waals surface area contributed by atoms with Crippen LogP contribution in [0.2, 0.25) is 0 Å². The van der Waals surface area contributed by atoms with Gasteiger partial charge in [-0.2, -0.15) is 4.98 Å². The average molecular weight is 429 g/mol. The zero-order valence-electron chi connectivity index (χ0n) is 17.0. The largest absolute Gasteiger partial charge is 0.497 e. The summed E-state index contributed by atoms with van der Waals surface area (Å²) >= 11 is 0. The number of nitrogens with zero attached hydrogens (tertiary/aromatic N) is 3. The van der Waals surface area contributed by atoms with Crippen molar-refractivity contribution in [2.45, 2.75) is 19.4 Å². The molecule has 30 heavy (non-hydrogen) atoms. The van der Waals surface area contributed by atoms with Gasteiger partial charge in [-0.1, -0.05) is 42.4 Å². The number of rotatable bonds is 5. The van der Waals surface area contributed by atoms with E-state index in [0.29, 0.717) is 30.3 Å². The summed E-state index contributed by atoms with van der Waals surface area (Å²) in [5.74, 6) is 0.825. The van der Waals surface area contributed by atoms with E-state index in [1.165, 1.54) is 5.56 Å². The highest BCUT2D eigenvalue weighted by atomic mass is 35.5. The predicted molar refractivity (Wildman–Crippen MR) is 116 cm³/mol. The summed E-state index contributed by atoms with van der Waals surface area (Å²) in [5.41, 5.74) is 3.08. The van der Waals surface area contributed by atoms with E-state index in [4.69, 9.17) is 9.26 Å². The number of halogens is 1. The predicted octanol–water partition coefficient (Wildman–Crippen LogP) is 3.52. The first kappa shape index (κ1) is 21.8. The van der Waals surface area contributed by atoms with Crippen molar-refractivity contribution < 1.29 is 14.1 Å². The number of benzene rings is 2. The molecular weight excluding hydrogens is 404 g/mol. The Labute approximate surface area is 181 Å². The molecule has 2 heterocycles. The van der Waals surface area contributed by atoms with Crippen LogP contribution < -0.4 is 10.1 Å². The fourth-order valence-electron chi connectivity index (χ4n) is 3.53. The number of piperazine rings is 1. The maximum atomic E-state index is 13.2. The van der Waals surface area contributed by atoms with Crippen LogP contribution in [0.25, 0.3) is 11.5 Å². The second-order valence-corrected chi connectivity index (χ2v) is 6.97. The minimum atomic E-state index is -0.228. The Morgan fingerprint density at radius 3 is 2.80 bits per heavy atom. The summed E-state index contributed by atoms with van der Waals surface area (Å²) in [4.78, 5) is 19.3. The molecule has 1 amide bonds. The summed E-state index contributed by atoms with van der Waals surface area (Å²) in [6, 6.07) is 15.7. The van der Waals surface area contributed by atoms with Gasteiger partial charge in [0, 0.05) is 25.2 Å². The lowest BCUT2D eigenvalue weighted by Gasteiger charge is -2.35. The monoisotopic (exact) mass is 428 g/mol. The van der Waals surface area contributed by atoms with Gasteiger partial charge in [0.25, 0.3) is 17.6 Å². The quantitative estimate of drug-likeness (QED) is 0.669. The molecule has 7 nitrogen and oxygen atoms in total. The van der Waals surface area contributed by atoms with Crippen LogP contribution in [0.5, 0.6) is 5.75 Å². The number of ether oxygens (including phenoxy) is 1.